The van der Waals surface area contributed by atoms with Gasteiger partial charge in [-0.15, -0.1) is 0 Å². The normalized spacial score (nSPS) is 12.7. The average Bonchev–Trinajstić information content (AvgIpc) is 2.64. The number of amides is 1. The van der Waals surface area contributed by atoms with E-state index in [9.17, 15) is 24.2 Å². The van der Waals surface area contributed by atoms with Gasteiger partial charge in [0.25, 0.3) is 5.91 Å². The van der Waals surface area contributed by atoms with E-state index in [1.165, 1.54) is 25.3 Å². The van der Waals surface area contributed by atoms with Gasteiger partial charge in [-0.05, 0) is 42.8 Å². The summed E-state index contributed by atoms with van der Waals surface area (Å²) in [6.45, 7) is 0.800. The largest absolute Gasteiger partial charge is 0.508 e. The summed E-state index contributed by atoms with van der Waals surface area (Å²) in [5, 5.41) is 30.3. The SMILES string of the molecule is CC(C#N)(CO)NC(=O)c1cc(CC(=O)Cc2cc(F)ccc2O)ccn1. The number of aliphatic hydroxyl groups is 1. The predicted octanol–water partition coefficient (Wildman–Crippen LogP) is 1.28. The minimum atomic E-state index is -1.44. The molecule has 140 valence electrons. The van der Waals surface area contributed by atoms with E-state index in [2.05, 4.69) is 10.3 Å². The maximum Gasteiger partial charge on any atom is 0.271 e. The Morgan fingerprint density at radius 2 is 2.04 bits per heavy atom. The molecular weight excluding hydrogens is 353 g/mol. The van der Waals surface area contributed by atoms with E-state index in [1.807, 2.05) is 0 Å². The molecule has 3 N–H and O–H groups in total. The van der Waals surface area contributed by atoms with Gasteiger partial charge in [-0.25, -0.2) is 4.39 Å². The number of carbonyl (C=O) groups excluding carboxylic acids is 2. The molecule has 0 saturated heterocycles. The van der Waals surface area contributed by atoms with Crippen LogP contribution >= 0.6 is 0 Å². The number of phenolic OH excluding ortho intramolecular Hbond substituents is 1. The van der Waals surface area contributed by atoms with Crippen LogP contribution in [-0.2, 0) is 17.6 Å². The van der Waals surface area contributed by atoms with Gasteiger partial charge in [0.15, 0.2) is 0 Å². The highest BCUT2D eigenvalue weighted by Gasteiger charge is 2.26. The molecule has 1 aromatic carbocycles. The zero-order chi connectivity index (χ0) is 20.0. The van der Waals surface area contributed by atoms with Crippen LogP contribution in [0.5, 0.6) is 5.75 Å². The molecule has 1 unspecified atom stereocenters. The van der Waals surface area contributed by atoms with Crippen molar-refractivity contribution in [3.8, 4) is 11.8 Å². The van der Waals surface area contributed by atoms with Crippen molar-refractivity contribution < 1.29 is 24.2 Å². The summed E-state index contributed by atoms with van der Waals surface area (Å²) >= 11 is 0. The van der Waals surface area contributed by atoms with Crippen molar-refractivity contribution in [2.24, 2.45) is 0 Å². The average molecular weight is 371 g/mol. The Bertz CT molecular complexity index is 910. The minimum Gasteiger partial charge on any atom is -0.508 e. The number of nitrogens with zero attached hydrogens (tertiary/aromatic N) is 2. The fourth-order valence-electron chi connectivity index (χ4n) is 2.32. The van der Waals surface area contributed by atoms with Crippen LogP contribution in [0.2, 0.25) is 0 Å². The molecule has 8 heteroatoms. The van der Waals surface area contributed by atoms with Crippen LogP contribution in [0.4, 0.5) is 4.39 Å². The van der Waals surface area contributed by atoms with E-state index in [1.54, 1.807) is 12.1 Å². The molecule has 0 fully saturated rings. The summed E-state index contributed by atoms with van der Waals surface area (Å²) < 4.78 is 13.2. The highest BCUT2D eigenvalue weighted by Crippen LogP contribution is 2.19. The van der Waals surface area contributed by atoms with Crippen molar-refractivity contribution in [3.05, 3.63) is 59.2 Å². The van der Waals surface area contributed by atoms with Gasteiger partial charge in [0.05, 0.1) is 12.7 Å². The maximum absolute atomic E-state index is 13.2. The topological polar surface area (TPSA) is 123 Å². The number of Topliss-reactive ketones (excluding diaryl/α,β-unsaturated/α-hetero) is 1. The number of hydrogen-bond acceptors (Lipinski definition) is 6. The molecule has 0 bridgehead atoms. The second kappa shape index (κ2) is 8.38. The van der Waals surface area contributed by atoms with Crippen LogP contribution in [0.3, 0.4) is 0 Å². The molecule has 0 saturated carbocycles. The van der Waals surface area contributed by atoms with Gasteiger partial charge in [0, 0.05) is 24.6 Å². The van der Waals surface area contributed by atoms with Crippen LogP contribution in [0.15, 0.2) is 36.5 Å². The number of benzene rings is 1. The third-order valence-corrected chi connectivity index (χ3v) is 3.84. The fraction of sp³-hybridized carbons (Fsp3) is 0.263. The molecule has 2 aromatic rings. The van der Waals surface area contributed by atoms with Crippen LogP contribution in [0.1, 0.15) is 28.5 Å². The van der Waals surface area contributed by atoms with Crippen LogP contribution in [-0.4, -0.2) is 39.0 Å². The lowest BCUT2D eigenvalue weighted by molar-refractivity contribution is -0.117. The van der Waals surface area contributed by atoms with Crippen LogP contribution in [0.25, 0.3) is 0 Å². The van der Waals surface area contributed by atoms with Gasteiger partial charge in [0.1, 0.15) is 28.6 Å². The van der Waals surface area contributed by atoms with Crippen molar-refractivity contribution in [2.75, 3.05) is 6.61 Å². The van der Waals surface area contributed by atoms with E-state index in [0.29, 0.717) is 5.56 Å². The number of ketones is 1. The van der Waals surface area contributed by atoms with Crippen molar-refractivity contribution in [1.82, 2.24) is 10.3 Å². The van der Waals surface area contributed by atoms with Gasteiger partial charge >= 0.3 is 0 Å². The van der Waals surface area contributed by atoms with Gasteiger partial charge in [0.2, 0.25) is 0 Å². The number of halogens is 1. The number of aliphatic hydroxyl groups excluding tert-OH is 1. The smallest absolute Gasteiger partial charge is 0.271 e. The predicted molar refractivity (Wildman–Crippen MR) is 93.3 cm³/mol. The number of aromatic nitrogens is 1. The molecule has 0 radical (unpaired) electrons. The zero-order valence-electron chi connectivity index (χ0n) is 14.6. The van der Waals surface area contributed by atoms with E-state index < -0.39 is 23.9 Å². The number of phenols is 1. The Labute approximate surface area is 155 Å². The Kier molecular flexibility index (Phi) is 6.21. The molecule has 0 aliphatic rings. The second-order valence-electron chi connectivity index (χ2n) is 6.27. The van der Waals surface area contributed by atoms with E-state index in [-0.39, 0.29) is 35.6 Å². The molecule has 1 aromatic heterocycles. The fourth-order valence-corrected chi connectivity index (χ4v) is 2.32. The van der Waals surface area contributed by atoms with Gasteiger partial charge < -0.3 is 15.5 Å². The lowest BCUT2D eigenvalue weighted by atomic mass is 10.0. The number of pyridine rings is 1. The Balaban J connectivity index is 2.09. The number of aromatic hydroxyl groups is 1. The van der Waals surface area contributed by atoms with E-state index in [0.717, 1.165) is 12.1 Å². The Morgan fingerprint density at radius 3 is 2.70 bits per heavy atom. The zero-order valence-corrected chi connectivity index (χ0v) is 14.6. The monoisotopic (exact) mass is 371 g/mol. The summed E-state index contributed by atoms with van der Waals surface area (Å²) in [7, 11) is 0. The van der Waals surface area contributed by atoms with Gasteiger partial charge in [-0.2, -0.15) is 5.26 Å². The number of nitriles is 1. The standard InChI is InChI=1S/C19H18FN3O4/c1-19(10-21,11-24)23-18(27)16-7-12(4-5-22-16)6-15(25)9-13-8-14(20)2-3-17(13)26/h2-5,7-8,24,26H,6,9,11H2,1H3,(H,23,27). The number of carbonyl (C=O) groups is 2. The number of nitrogens with one attached hydrogen (secondary N) is 1. The second-order valence-corrected chi connectivity index (χ2v) is 6.27. The summed E-state index contributed by atoms with van der Waals surface area (Å²) in [4.78, 5) is 28.3. The summed E-state index contributed by atoms with van der Waals surface area (Å²) in [5.41, 5.74) is -0.776. The lowest BCUT2D eigenvalue weighted by Gasteiger charge is -2.20. The van der Waals surface area contributed by atoms with Crippen molar-refractivity contribution in [3.63, 3.8) is 0 Å². The van der Waals surface area contributed by atoms with Gasteiger partial charge in [-0.1, -0.05) is 0 Å². The first-order chi connectivity index (χ1) is 12.8. The minimum absolute atomic E-state index is 0.0103. The molecule has 7 nitrogen and oxygen atoms in total. The third-order valence-electron chi connectivity index (χ3n) is 3.84. The summed E-state index contributed by atoms with van der Waals surface area (Å²) in [6, 6.07) is 8.11. The first kappa shape index (κ1) is 20.0. The molecule has 0 aliphatic carbocycles. The molecule has 27 heavy (non-hydrogen) atoms. The molecule has 0 aliphatic heterocycles. The molecular formula is C19H18FN3O4. The lowest BCUT2D eigenvalue weighted by Crippen LogP contribution is -2.48. The number of rotatable bonds is 7. The Morgan fingerprint density at radius 1 is 1.30 bits per heavy atom. The highest BCUT2D eigenvalue weighted by molar-refractivity contribution is 5.93. The molecule has 0 spiro atoms. The van der Waals surface area contributed by atoms with Crippen LogP contribution in [0, 0.1) is 17.1 Å². The first-order valence-electron chi connectivity index (χ1n) is 8.05. The van der Waals surface area contributed by atoms with E-state index in [4.69, 9.17) is 5.26 Å². The summed E-state index contributed by atoms with van der Waals surface area (Å²) in [5.74, 6) is -1.67. The quantitative estimate of drug-likeness (QED) is 0.674. The molecule has 1 amide bonds. The maximum atomic E-state index is 13.2. The van der Waals surface area contributed by atoms with Gasteiger partial charge in [-0.3, -0.25) is 14.6 Å². The Hall–Kier alpha value is -3.31. The van der Waals surface area contributed by atoms with E-state index >= 15 is 0 Å². The molecule has 1 atom stereocenters. The number of hydrogen-bond donors (Lipinski definition) is 3. The summed E-state index contributed by atoms with van der Waals surface area (Å²) in [6.07, 6.45) is 1.14. The highest BCUT2D eigenvalue weighted by atomic mass is 19.1. The van der Waals surface area contributed by atoms with Crippen molar-refractivity contribution >= 4 is 11.7 Å². The van der Waals surface area contributed by atoms with Crippen molar-refractivity contribution in [1.29, 1.82) is 5.26 Å². The first-order valence-corrected chi connectivity index (χ1v) is 8.05. The third kappa shape index (κ3) is 5.33. The van der Waals surface area contributed by atoms with Crippen LogP contribution < -0.4 is 5.32 Å². The molecule has 2 rings (SSSR count). The molecule has 1 heterocycles. The van der Waals surface area contributed by atoms with Crippen molar-refractivity contribution in [2.45, 2.75) is 25.3 Å².